The maximum atomic E-state index is 3.87. The van der Waals surface area contributed by atoms with E-state index in [1.165, 1.54) is 38.6 Å². The largest absolute Gasteiger partial charge is 0.309 e. The van der Waals surface area contributed by atoms with Crippen LogP contribution in [-0.2, 0) is 5.41 Å². The van der Waals surface area contributed by atoms with Crippen LogP contribution in [0.4, 0.5) is 0 Å². The van der Waals surface area contributed by atoms with Gasteiger partial charge >= 0.3 is 0 Å². The summed E-state index contributed by atoms with van der Waals surface area (Å²) in [5, 5.41) is 3.87. The number of nitrogens with one attached hydrogen (secondary N) is 1. The molecule has 1 nitrogen and oxygen atoms in total. The van der Waals surface area contributed by atoms with Crippen LogP contribution in [0.3, 0.4) is 0 Å². The van der Waals surface area contributed by atoms with Crippen LogP contribution in [0.15, 0.2) is 24.3 Å². The van der Waals surface area contributed by atoms with Gasteiger partial charge in [-0.25, -0.2) is 0 Å². The molecule has 0 aromatic heterocycles. The minimum Gasteiger partial charge on any atom is -0.309 e. The summed E-state index contributed by atoms with van der Waals surface area (Å²) >= 11 is 0. The molecule has 19 heavy (non-hydrogen) atoms. The van der Waals surface area contributed by atoms with Crippen LogP contribution in [-0.4, -0.2) is 6.54 Å². The topological polar surface area (TPSA) is 12.0 Å². The van der Waals surface area contributed by atoms with Crippen molar-refractivity contribution >= 4 is 0 Å². The number of fused-ring (bicyclic) bond motifs is 1. The molecule has 0 bridgehead atoms. The van der Waals surface area contributed by atoms with E-state index in [-0.39, 0.29) is 0 Å². The van der Waals surface area contributed by atoms with Crippen molar-refractivity contribution in [1.29, 1.82) is 0 Å². The van der Waals surface area contributed by atoms with Gasteiger partial charge in [-0.2, -0.15) is 0 Å². The van der Waals surface area contributed by atoms with Crippen LogP contribution in [0, 0.1) is 5.41 Å². The lowest BCUT2D eigenvalue weighted by Gasteiger charge is -2.38. The lowest BCUT2D eigenvalue weighted by Crippen LogP contribution is -2.35. The molecule has 1 fully saturated rings. The zero-order valence-electron chi connectivity index (χ0n) is 12.6. The van der Waals surface area contributed by atoms with Gasteiger partial charge in [-0.1, -0.05) is 45.0 Å². The zero-order chi connectivity index (χ0) is 13.5. The molecule has 1 saturated carbocycles. The molecule has 1 aromatic rings. The molecule has 104 valence electrons. The van der Waals surface area contributed by atoms with Gasteiger partial charge < -0.3 is 5.32 Å². The molecule has 2 aliphatic carbocycles. The van der Waals surface area contributed by atoms with Gasteiger partial charge in [0, 0.05) is 12.6 Å². The molecule has 1 heteroatoms. The van der Waals surface area contributed by atoms with Gasteiger partial charge in [0.2, 0.25) is 0 Å². The first-order valence-electron chi connectivity index (χ1n) is 7.89. The van der Waals surface area contributed by atoms with E-state index in [0.717, 1.165) is 0 Å². The summed E-state index contributed by atoms with van der Waals surface area (Å²) in [6.07, 6.45) is 6.76. The number of rotatable bonds is 4. The van der Waals surface area contributed by atoms with Crippen LogP contribution in [0.5, 0.6) is 0 Å². The average molecular weight is 257 g/mol. The Morgan fingerprint density at radius 1 is 1.16 bits per heavy atom. The first kappa shape index (κ1) is 13.2. The highest BCUT2D eigenvalue weighted by Crippen LogP contribution is 2.49. The summed E-state index contributed by atoms with van der Waals surface area (Å²) in [6.45, 7) is 8.32. The lowest BCUT2D eigenvalue weighted by atomic mass is 9.71. The van der Waals surface area contributed by atoms with Crippen LogP contribution < -0.4 is 5.32 Å². The Hall–Kier alpha value is -0.820. The van der Waals surface area contributed by atoms with Crippen molar-refractivity contribution in [3.05, 3.63) is 35.4 Å². The first-order valence-corrected chi connectivity index (χ1v) is 7.89. The third-order valence-electron chi connectivity index (χ3n) is 5.55. The smallest absolute Gasteiger partial charge is 0.0323 e. The second-order valence-corrected chi connectivity index (χ2v) is 7.30. The van der Waals surface area contributed by atoms with Gasteiger partial charge in [0.1, 0.15) is 0 Å². The molecule has 0 saturated heterocycles. The van der Waals surface area contributed by atoms with E-state index < -0.39 is 0 Å². The minimum absolute atomic E-state index is 0.344. The zero-order valence-corrected chi connectivity index (χ0v) is 12.6. The third-order valence-corrected chi connectivity index (χ3v) is 5.55. The van der Waals surface area contributed by atoms with Crippen molar-refractivity contribution in [2.45, 2.75) is 64.3 Å². The molecule has 1 atom stereocenters. The standard InChI is InChI=1S/C18H27N/c1-4-18(11-12-18)13-19-16-9-10-17(2,3)15-8-6-5-7-14(15)16/h5-8,16,19H,4,9-13H2,1-3H3. The maximum Gasteiger partial charge on any atom is 0.0323 e. The molecular weight excluding hydrogens is 230 g/mol. The fourth-order valence-electron chi connectivity index (χ4n) is 3.60. The summed E-state index contributed by atoms with van der Waals surface area (Å²) in [7, 11) is 0. The third kappa shape index (κ3) is 2.45. The number of hydrogen-bond donors (Lipinski definition) is 1. The molecule has 1 unspecified atom stereocenters. The highest BCUT2D eigenvalue weighted by Gasteiger charge is 2.41. The monoisotopic (exact) mass is 257 g/mol. The summed E-state index contributed by atoms with van der Waals surface area (Å²) < 4.78 is 0. The average Bonchev–Trinajstić information content (AvgIpc) is 3.19. The van der Waals surface area contributed by atoms with Crippen LogP contribution in [0.2, 0.25) is 0 Å². The van der Waals surface area contributed by atoms with E-state index in [2.05, 4.69) is 50.4 Å². The Kier molecular flexibility index (Phi) is 3.21. The van der Waals surface area contributed by atoms with Crippen LogP contribution in [0.25, 0.3) is 0 Å². The normalized spacial score (nSPS) is 26.8. The quantitative estimate of drug-likeness (QED) is 0.832. The molecule has 2 aliphatic rings. The molecule has 1 N–H and O–H groups in total. The Labute approximate surface area is 117 Å². The predicted octanol–water partition coefficient (Wildman–Crippen LogP) is 4.58. The summed E-state index contributed by atoms with van der Waals surface area (Å²) in [6, 6.07) is 9.63. The predicted molar refractivity (Wildman–Crippen MR) is 81.4 cm³/mol. The van der Waals surface area contributed by atoms with E-state index >= 15 is 0 Å². The Bertz CT molecular complexity index is 457. The van der Waals surface area contributed by atoms with Gasteiger partial charge in [0.05, 0.1) is 0 Å². The van der Waals surface area contributed by atoms with E-state index in [9.17, 15) is 0 Å². The molecule has 0 heterocycles. The Balaban J connectivity index is 1.77. The van der Waals surface area contributed by atoms with Gasteiger partial charge in [0.25, 0.3) is 0 Å². The second kappa shape index (κ2) is 4.63. The van der Waals surface area contributed by atoms with Crippen molar-refractivity contribution in [1.82, 2.24) is 5.32 Å². The number of benzene rings is 1. The van der Waals surface area contributed by atoms with Gasteiger partial charge in [-0.3, -0.25) is 0 Å². The van der Waals surface area contributed by atoms with Crippen molar-refractivity contribution in [3.63, 3.8) is 0 Å². The molecule has 1 aromatic carbocycles. The fraction of sp³-hybridized carbons (Fsp3) is 0.667. The highest BCUT2D eigenvalue weighted by atomic mass is 14.9. The van der Waals surface area contributed by atoms with Crippen molar-refractivity contribution in [2.75, 3.05) is 6.54 Å². The summed E-state index contributed by atoms with van der Waals surface area (Å²) in [4.78, 5) is 0. The van der Waals surface area contributed by atoms with Gasteiger partial charge in [-0.05, 0) is 54.1 Å². The fourth-order valence-corrected chi connectivity index (χ4v) is 3.60. The number of hydrogen-bond acceptors (Lipinski definition) is 1. The van der Waals surface area contributed by atoms with Crippen molar-refractivity contribution in [3.8, 4) is 0 Å². The van der Waals surface area contributed by atoms with Gasteiger partial charge in [0.15, 0.2) is 0 Å². The van der Waals surface area contributed by atoms with Crippen LogP contribution in [0.1, 0.15) is 70.0 Å². The Morgan fingerprint density at radius 2 is 1.89 bits per heavy atom. The minimum atomic E-state index is 0.344. The molecule has 0 aliphatic heterocycles. The molecule has 0 radical (unpaired) electrons. The van der Waals surface area contributed by atoms with Crippen LogP contribution >= 0.6 is 0 Å². The molecule has 0 amide bonds. The second-order valence-electron chi connectivity index (χ2n) is 7.30. The first-order chi connectivity index (χ1) is 9.06. The summed E-state index contributed by atoms with van der Waals surface area (Å²) in [5.41, 5.74) is 4.09. The summed E-state index contributed by atoms with van der Waals surface area (Å²) in [5.74, 6) is 0. The molecular formula is C18H27N. The van der Waals surface area contributed by atoms with E-state index in [4.69, 9.17) is 0 Å². The molecule has 3 rings (SSSR count). The van der Waals surface area contributed by atoms with Gasteiger partial charge in [-0.15, -0.1) is 0 Å². The van der Waals surface area contributed by atoms with E-state index in [1.807, 2.05) is 0 Å². The lowest BCUT2D eigenvalue weighted by molar-refractivity contribution is 0.331. The van der Waals surface area contributed by atoms with E-state index in [0.29, 0.717) is 16.9 Å². The van der Waals surface area contributed by atoms with Crippen molar-refractivity contribution in [2.24, 2.45) is 5.41 Å². The van der Waals surface area contributed by atoms with Crippen molar-refractivity contribution < 1.29 is 0 Å². The van der Waals surface area contributed by atoms with E-state index in [1.54, 1.807) is 11.1 Å². The molecule has 0 spiro atoms. The maximum absolute atomic E-state index is 3.87. The Morgan fingerprint density at radius 3 is 2.58 bits per heavy atom. The SMILES string of the molecule is CCC1(CNC2CCC(C)(C)c3ccccc32)CC1. The highest BCUT2D eigenvalue weighted by molar-refractivity contribution is 5.38.